The fourth-order valence-electron chi connectivity index (χ4n) is 1.46. The van der Waals surface area contributed by atoms with Gasteiger partial charge in [-0.05, 0) is 30.3 Å². The van der Waals surface area contributed by atoms with E-state index in [9.17, 15) is 9.18 Å². The SMILES string of the molecule is O=C(NCc1ccccn1)c1cc(F)cc(Cl)c1. The van der Waals surface area contributed by atoms with Gasteiger partial charge in [0.25, 0.3) is 5.91 Å². The molecule has 92 valence electrons. The van der Waals surface area contributed by atoms with Gasteiger partial charge in [0.15, 0.2) is 0 Å². The van der Waals surface area contributed by atoms with Gasteiger partial charge in [0.1, 0.15) is 5.82 Å². The van der Waals surface area contributed by atoms with Gasteiger partial charge < -0.3 is 5.32 Å². The first-order valence-corrected chi connectivity index (χ1v) is 5.67. The smallest absolute Gasteiger partial charge is 0.251 e. The summed E-state index contributed by atoms with van der Waals surface area (Å²) in [4.78, 5) is 15.8. The molecule has 0 fully saturated rings. The molecule has 0 bridgehead atoms. The second kappa shape index (κ2) is 5.60. The van der Waals surface area contributed by atoms with Crippen molar-refractivity contribution < 1.29 is 9.18 Å². The normalized spacial score (nSPS) is 10.1. The first kappa shape index (κ1) is 12.5. The maximum absolute atomic E-state index is 13.1. The van der Waals surface area contributed by atoms with Gasteiger partial charge in [-0.1, -0.05) is 17.7 Å². The van der Waals surface area contributed by atoms with Crippen LogP contribution in [0.15, 0.2) is 42.6 Å². The van der Waals surface area contributed by atoms with E-state index in [2.05, 4.69) is 10.3 Å². The third-order valence-electron chi connectivity index (χ3n) is 2.28. The van der Waals surface area contributed by atoms with Crippen LogP contribution >= 0.6 is 11.6 Å². The quantitative estimate of drug-likeness (QED) is 0.926. The fraction of sp³-hybridized carbons (Fsp3) is 0.0769. The average molecular weight is 265 g/mol. The van der Waals surface area contributed by atoms with Crippen molar-refractivity contribution in [3.8, 4) is 0 Å². The van der Waals surface area contributed by atoms with Crippen molar-refractivity contribution in [1.29, 1.82) is 0 Å². The number of amides is 1. The monoisotopic (exact) mass is 264 g/mol. The number of rotatable bonds is 3. The van der Waals surface area contributed by atoms with E-state index in [-0.39, 0.29) is 23.0 Å². The van der Waals surface area contributed by atoms with Gasteiger partial charge in [0.05, 0.1) is 12.2 Å². The summed E-state index contributed by atoms with van der Waals surface area (Å²) in [6.45, 7) is 0.286. The van der Waals surface area contributed by atoms with Crippen LogP contribution in [0, 0.1) is 5.82 Å². The summed E-state index contributed by atoms with van der Waals surface area (Å²) in [5.74, 6) is -0.924. The highest BCUT2D eigenvalue weighted by Crippen LogP contribution is 2.14. The van der Waals surface area contributed by atoms with Crippen LogP contribution < -0.4 is 5.32 Å². The molecule has 3 nitrogen and oxygen atoms in total. The molecule has 0 atom stereocenters. The van der Waals surface area contributed by atoms with Gasteiger partial charge in [0, 0.05) is 16.8 Å². The Balaban J connectivity index is 2.04. The highest BCUT2D eigenvalue weighted by atomic mass is 35.5. The van der Waals surface area contributed by atoms with Crippen molar-refractivity contribution in [2.24, 2.45) is 0 Å². The third kappa shape index (κ3) is 3.28. The molecule has 0 spiro atoms. The predicted octanol–water partition coefficient (Wildman–Crippen LogP) is 2.80. The fourth-order valence-corrected chi connectivity index (χ4v) is 1.68. The zero-order valence-electron chi connectivity index (χ0n) is 9.36. The van der Waals surface area contributed by atoms with Crippen LogP contribution in [0.2, 0.25) is 5.02 Å². The molecule has 0 aliphatic heterocycles. The number of halogens is 2. The number of nitrogens with one attached hydrogen (secondary N) is 1. The van der Waals surface area contributed by atoms with E-state index in [4.69, 9.17) is 11.6 Å². The Morgan fingerprint density at radius 3 is 2.83 bits per heavy atom. The van der Waals surface area contributed by atoms with Gasteiger partial charge in [0.2, 0.25) is 0 Å². The van der Waals surface area contributed by atoms with E-state index < -0.39 is 5.82 Å². The lowest BCUT2D eigenvalue weighted by Crippen LogP contribution is -2.23. The summed E-state index contributed by atoms with van der Waals surface area (Å²) >= 11 is 5.68. The number of nitrogens with zero attached hydrogens (tertiary/aromatic N) is 1. The average Bonchev–Trinajstić information content (AvgIpc) is 2.36. The van der Waals surface area contributed by atoms with Gasteiger partial charge in [-0.2, -0.15) is 0 Å². The van der Waals surface area contributed by atoms with E-state index >= 15 is 0 Å². The predicted molar refractivity (Wildman–Crippen MR) is 66.8 cm³/mol. The van der Waals surface area contributed by atoms with Crippen LogP contribution in [0.1, 0.15) is 16.1 Å². The van der Waals surface area contributed by atoms with E-state index in [0.29, 0.717) is 0 Å². The minimum atomic E-state index is -0.537. The Morgan fingerprint density at radius 2 is 2.17 bits per heavy atom. The van der Waals surface area contributed by atoms with Crippen LogP contribution in [0.25, 0.3) is 0 Å². The molecule has 2 rings (SSSR count). The van der Waals surface area contributed by atoms with Crippen LogP contribution in [-0.2, 0) is 6.54 Å². The summed E-state index contributed by atoms with van der Waals surface area (Å²) < 4.78 is 13.1. The summed E-state index contributed by atoms with van der Waals surface area (Å²) in [6.07, 6.45) is 1.64. The number of aromatic nitrogens is 1. The Bertz CT molecular complexity index is 540. The molecule has 1 aromatic carbocycles. The molecule has 5 heteroatoms. The topological polar surface area (TPSA) is 42.0 Å². The molecule has 0 saturated heterocycles. The maximum Gasteiger partial charge on any atom is 0.251 e. The molecular weight excluding hydrogens is 255 g/mol. The van der Waals surface area contributed by atoms with Crippen molar-refractivity contribution in [1.82, 2.24) is 10.3 Å². The number of benzene rings is 1. The summed E-state index contributed by atoms with van der Waals surface area (Å²) in [5.41, 5.74) is 0.921. The molecule has 0 saturated carbocycles. The first-order chi connectivity index (χ1) is 8.65. The highest BCUT2D eigenvalue weighted by molar-refractivity contribution is 6.31. The molecule has 0 radical (unpaired) electrons. The molecule has 0 aliphatic carbocycles. The van der Waals surface area contributed by atoms with Gasteiger partial charge in [-0.3, -0.25) is 9.78 Å². The minimum absolute atomic E-state index is 0.191. The summed E-state index contributed by atoms with van der Waals surface area (Å²) in [5, 5.41) is 2.84. The van der Waals surface area contributed by atoms with Crippen molar-refractivity contribution in [2.75, 3.05) is 0 Å². The number of hydrogen-bond acceptors (Lipinski definition) is 2. The van der Waals surface area contributed by atoms with E-state index in [1.54, 1.807) is 18.3 Å². The molecule has 1 aromatic heterocycles. The molecule has 2 aromatic rings. The van der Waals surface area contributed by atoms with E-state index in [0.717, 1.165) is 17.8 Å². The van der Waals surface area contributed by atoms with Crippen molar-refractivity contribution >= 4 is 17.5 Å². The molecule has 18 heavy (non-hydrogen) atoms. The number of pyridine rings is 1. The molecule has 0 unspecified atom stereocenters. The highest BCUT2D eigenvalue weighted by Gasteiger charge is 2.08. The van der Waals surface area contributed by atoms with Crippen molar-refractivity contribution in [3.63, 3.8) is 0 Å². The van der Waals surface area contributed by atoms with Crippen molar-refractivity contribution in [2.45, 2.75) is 6.54 Å². The summed E-state index contributed by atoms with van der Waals surface area (Å²) in [7, 11) is 0. The molecular formula is C13H10ClFN2O. The first-order valence-electron chi connectivity index (χ1n) is 5.29. The largest absolute Gasteiger partial charge is 0.346 e. The molecule has 1 N–H and O–H groups in total. The lowest BCUT2D eigenvalue weighted by molar-refractivity contribution is 0.0950. The van der Waals surface area contributed by atoms with Crippen LogP contribution in [0.4, 0.5) is 4.39 Å². The minimum Gasteiger partial charge on any atom is -0.346 e. The third-order valence-corrected chi connectivity index (χ3v) is 2.50. The number of hydrogen-bond donors (Lipinski definition) is 1. The van der Waals surface area contributed by atoms with Crippen molar-refractivity contribution in [3.05, 3.63) is 64.7 Å². The second-order valence-corrected chi connectivity index (χ2v) is 4.10. The van der Waals surface area contributed by atoms with Gasteiger partial charge >= 0.3 is 0 Å². The zero-order chi connectivity index (χ0) is 13.0. The lowest BCUT2D eigenvalue weighted by Gasteiger charge is -2.05. The van der Waals surface area contributed by atoms with Crippen LogP contribution in [-0.4, -0.2) is 10.9 Å². The molecule has 1 heterocycles. The Morgan fingerprint density at radius 1 is 1.33 bits per heavy atom. The maximum atomic E-state index is 13.1. The standard InChI is InChI=1S/C13H10ClFN2O/c14-10-5-9(6-11(15)7-10)13(18)17-8-12-3-1-2-4-16-12/h1-7H,8H2,(H,17,18). The van der Waals surface area contributed by atoms with Crippen LogP contribution in [0.5, 0.6) is 0 Å². The second-order valence-electron chi connectivity index (χ2n) is 3.66. The van der Waals surface area contributed by atoms with Gasteiger partial charge in [-0.15, -0.1) is 0 Å². The molecule has 0 aliphatic rings. The Labute approximate surface area is 109 Å². The van der Waals surface area contributed by atoms with E-state index in [1.165, 1.54) is 6.07 Å². The van der Waals surface area contributed by atoms with E-state index in [1.807, 2.05) is 6.07 Å². The molecule has 1 amide bonds. The summed E-state index contributed by atoms with van der Waals surface area (Å²) in [6, 6.07) is 9.11. The Kier molecular flexibility index (Phi) is 3.89. The number of carbonyl (C=O) groups excluding carboxylic acids is 1. The van der Waals surface area contributed by atoms with Gasteiger partial charge in [-0.25, -0.2) is 4.39 Å². The van der Waals surface area contributed by atoms with Crippen LogP contribution in [0.3, 0.4) is 0 Å². The lowest BCUT2D eigenvalue weighted by atomic mass is 10.2. The Hall–Kier alpha value is -1.94. The zero-order valence-corrected chi connectivity index (χ0v) is 10.1. The number of carbonyl (C=O) groups is 1.